The van der Waals surface area contributed by atoms with Gasteiger partial charge in [0.2, 0.25) is 0 Å². The van der Waals surface area contributed by atoms with Gasteiger partial charge in [-0.2, -0.15) is 9.78 Å². The summed E-state index contributed by atoms with van der Waals surface area (Å²) in [6, 6.07) is 16.0. The molecule has 1 aliphatic rings. The van der Waals surface area contributed by atoms with Crippen molar-refractivity contribution in [2.75, 3.05) is 25.6 Å². The molecule has 2 aromatic heterocycles. The second-order valence-electron chi connectivity index (χ2n) is 8.72. The van der Waals surface area contributed by atoms with Gasteiger partial charge >= 0.3 is 0 Å². The Kier molecular flexibility index (Phi) is 6.07. The van der Waals surface area contributed by atoms with E-state index < -0.39 is 11.8 Å². The first-order chi connectivity index (χ1) is 17.4. The minimum Gasteiger partial charge on any atom is -0.385 e. The number of nitrogens with zero attached hydrogens (tertiary/aromatic N) is 4. The lowest BCUT2D eigenvalue weighted by molar-refractivity contribution is 0.0638. The van der Waals surface area contributed by atoms with Crippen molar-refractivity contribution in [3.05, 3.63) is 82.5 Å². The zero-order valence-electron chi connectivity index (χ0n) is 20.2. The molecule has 0 aliphatic carbocycles. The molecule has 182 valence electrons. The largest absolute Gasteiger partial charge is 0.385 e. The van der Waals surface area contributed by atoms with Gasteiger partial charge in [-0.25, -0.2) is 4.98 Å². The molecule has 0 spiro atoms. The number of fused-ring (bicyclic) bond motifs is 2. The maximum absolute atomic E-state index is 13.2. The number of carbonyl (C=O) groups excluding carboxylic acids is 3. The van der Waals surface area contributed by atoms with Crippen LogP contribution in [0.15, 0.2) is 54.6 Å². The number of methoxy groups -OCH3 is 1. The molecule has 3 amide bonds. The average molecular weight is 484 g/mol. The topological polar surface area (TPSA) is 106 Å². The van der Waals surface area contributed by atoms with Crippen molar-refractivity contribution in [2.24, 2.45) is 0 Å². The van der Waals surface area contributed by atoms with Gasteiger partial charge in [0.05, 0.1) is 22.3 Å². The van der Waals surface area contributed by atoms with Gasteiger partial charge in [0.1, 0.15) is 5.82 Å². The van der Waals surface area contributed by atoms with Gasteiger partial charge in [-0.15, -0.1) is 0 Å². The van der Waals surface area contributed by atoms with Crippen LogP contribution in [0.25, 0.3) is 16.7 Å². The van der Waals surface area contributed by atoms with E-state index in [1.807, 2.05) is 44.2 Å². The minimum atomic E-state index is -0.422. The molecule has 0 unspecified atom stereocenters. The molecular weight excluding hydrogens is 458 g/mol. The number of carbonyl (C=O) groups is 3. The van der Waals surface area contributed by atoms with E-state index in [1.54, 1.807) is 23.9 Å². The van der Waals surface area contributed by atoms with Crippen molar-refractivity contribution in [1.82, 2.24) is 19.7 Å². The number of ether oxygens (including phenoxy) is 1. The van der Waals surface area contributed by atoms with Gasteiger partial charge < -0.3 is 10.1 Å². The van der Waals surface area contributed by atoms with E-state index in [9.17, 15) is 14.4 Å². The number of aryl methyl sites for hydroxylation is 2. The minimum absolute atomic E-state index is 0.224. The zero-order chi connectivity index (χ0) is 25.4. The van der Waals surface area contributed by atoms with E-state index in [0.717, 1.165) is 16.5 Å². The Labute approximate surface area is 207 Å². The third-order valence-electron chi connectivity index (χ3n) is 6.16. The molecule has 1 aliphatic heterocycles. The van der Waals surface area contributed by atoms with Gasteiger partial charge in [-0.1, -0.05) is 18.2 Å². The fourth-order valence-corrected chi connectivity index (χ4v) is 4.39. The van der Waals surface area contributed by atoms with E-state index in [4.69, 9.17) is 9.72 Å². The smallest absolute Gasteiger partial charge is 0.261 e. The number of nitrogens with one attached hydrogen (secondary N) is 1. The van der Waals surface area contributed by atoms with Crippen LogP contribution in [0.2, 0.25) is 0 Å². The van der Waals surface area contributed by atoms with Gasteiger partial charge in [-0.3, -0.25) is 19.3 Å². The Morgan fingerprint density at radius 1 is 1.00 bits per heavy atom. The lowest BCUT2D eigenvalue weighted by atomic mass is 10.1. The number of hydrogen-bond donors (Lipinski definition) is 1. The molecular formula is C27H25N5O4. The van der Waals surface area contributed by atoms with Crippen LogP contribution in [0.1, 0.15) is 48.8 Å². The van der Waals surface area contributed by atoms with E-state index >= 15 is 0 Å². The molecule has 4 aromatic rings. The number of anilines is 1. The van der Waals surface area contributed by atoms with E-state index in [0.29, 0.717) is 35.9 Å². The summed E-state index contributed by atoms with van der Waals surface area (Å²) in [5.41, 5.74) is 3.36. The molecule has 2 aromatic carbocycles. The quantitative estimate of drug-likeness (QED) is 0.315. The number of rotatable bonds is 7. The van der Waals surface area contributed by atoms with Crippen LogP contribution in [-0.2, 0) is 4.74 Å². The van der Waals surface area contributed by atoms with Crippen molar-refractivity contribution in [2.45, 2.75) is 20.3 Å². The first kappa shape index (κ1) is 23.4. The Morgan fingerprint density at radius 3 is 2.58 bits per heavy atom. The number of benzene rings is 2. The second-order valence-corrected chi connectivity index (χ2v) is 8.72. The van der Waals surface area contributed by atoms with Gasteiger partial charge in [-0.05, 0) is 56.2 Å². The first-order valence-corrected chi connectivity index (χ1v) is 11.6. The van der Waals surface area contributed by atoms with Gasteiger partial charge in [0.25, 0.3) is 17.7 Å². The second kappa shape index (κ2) is 9.35. The van der Waals surface area contributed by atoms with Crippen molar-refractivity contribution in [1.29, 1.82) is 0 Å². The van der Waals surface area contributed by atoms with Crippen LogP contribution in [0.5, 0.6) is 0 Å². The highest BCUT2D eigenvalue weighted by atomic mass is 16.5. The fourth-order valence-electron chi connectivity index (χ4n) is 4.39. The summed E-state index contributed by atoms with van der Waals surface area (Å²) >= 11 is 0. The summed E-state index contributed by atoms with van der Waals surface area (Å²) in [5.74, 6) is -0.156. The normalized spacial score (nSPS) is 12.9. The Bertz CT molecular complexity index is 1520. The summed E-state index contributed by atoms with van der Waals surface area (Å²) in [6.07, 6.45) is 0.543. The Morgan fingerprint density at radius 2 is 1.78 bits per heavy atom. The maximum atomic E-state index is 13.2. The van der Waals surface area contributed by atoms with Crippen LogP contribution < -0.4 is 5.32 Å². The van der Waals surface area contributed by atoms with E-state index in [-0.39, 0.29) is 23.6 Å². The SMILES string of the molecule is COCCCN1C(=O)c2ccc(C(=O)Nc3cc(C)nn3-c3cc(C)c4ccccc4n3)cc2C1=O. The molecule has 0 saturated heterocycles. The number of amides is 3. The molecule has 9 nitrogen and oxygen atoms in total. The summed E-state index contributed by atoms with van der Waals surface area (Å²) in [6.45, 7) is 4.54. The van der Waals surface area contributed by atoms with Crippen molar-refractivity contribution < 1.29 is 19.1 Å². The number of pyridine rings is 1. The van der Waals surface area contributed by atoms with Crippen molar-refractivity contribution in [3.8, 4) is 5.82 Å². The predicted octanol–water partition coefficient (Wildman–Crippen LogP) is 3.92. The molecule has 3 heterocycles. The number of para-hydroxylation sites is 1. The third kappa shape index (κ3) is 4.14. The van der Waals surface area contributed by atoms with E-state index in [2.05, 4.69) is 10.4 Å². The molecule has 0 saturated carbocycles. The molecule has 36 heavy (non-hydrogen) atoms. The summed E-state index contributed by atoms with van der Waals surface area (Å²) < 4.78 is 6.60. The first-order valence-electron chi connectivity index (χ1n) is 11.6. The van der Waals surface area contributed by atoms with Crippen LogP contribution >= 0.6 is 0 Å². The molecule has 1 N–H and O–H groups in total. The molecule has 0 bridgehead atoms. The standard InChI is InChI=1S/C27H25N5O4/c1-16-13-23(28-22-8-5-4-7-19(16)22)32-24(14-17(2)30-32)29-25(33)18-9-10-20-21(15-18)27(35)31(26(20)34)11-6-12-36-3/h4-5,7-10,13-15H,6,11-12H2,1-3H3,(H,29,33). The van der Waals surface area contributed by atoms with Crippen LogP contribution in [0.3, 0.4) is 0 Å². The Balaban J connectivity index is 1.42. The summed E-state index contributed by atoms with van der Waals surface area (Å²) in [7, 11) is 1.57. The zero-order valence-corrected chi connectivity index (χ0v) is 20.2. The molecule has 5 rings (SSSR count). The number of imide groups is 1. The van der Waals surface area contributed by atoms with Crippen LogP contribution in [0, 0.1) is 13.8 Å². The molecule has 0 atom stereocenters. The summed E-state index contributed by atoms with van der Waals surface area (Å²) in [5, 5.41) is 8.45. The van der Waals surface area contributed by atoms with Crippen LogP contribution in [0.4, 0.5) is 5.82 Å². The number of hydrogen-bond acceptors (Lipinski definition) is 6. The average Bonchev–Trinajstić information content (AvgIpc) is 3.35. The van der Waals surface area contributed by atoms with Crippen LogP contribution in [-0.4, -0.2) is 57.6 Å². The number of aromatic nitrogens is 3. The predicted molar refractivity (Wildman–Crippen MR) is 135 cm³/mol. The van der Waals surface area contributed by atoms with Crippen molar-refractivity contribution in [3.63, 3.8) is 0 Å². The molecule has 9 heteroatoms. The Hall–Kier alpha value is -4.37. The monoisotopic (exact) mass is 483 g/mol. The summed E-state index contributed by atoms with van der Waals surface area (Å²) in [4.78, 5) is 44.5. The van der Waals surface area contributed by atoms with Gasteiger partial charge in [0.15, 0.2) is 5.82 Å². The van der Waals surface area contributed by atoms with Crippen molar-refractivity contribution >= 4 is 34.4 Å². The highest BCUT2D eigenvalue weighted by Gasteiger charge is 2.35. The fraction of sp³-hybridized carbons (Fsp3) is 0.222. The maximum Gasteiger partial charge on any atom is 0.261 e. The lowest BCUT2D eigenvalue weighted by Gasteiger charge is -2.12. The third-order valence-corrected chi connectivity index (χ3v) is 6.16. The lowest BCUT2D eigenvalue weighted by Crippen LogP contribution is -2.31. The van der Waals surface area contributed by atoms with Gasteiger partial charge in [0, 0.05) is 37.3 Å². The highest BCUT2D eigenvalue weighted by Crippen LogP contribution is 2.26. The molecule has 0 fully saturated rings. The molecule has 0 radical (unpaired) electrons. The van der Waals surface area contributed by atoms with E-state index in [1.165, 1.54) is 17.0 Å². The highest BCUT2D eigenvalue weighted by molar-refractivity contribution is 6.22.